The van der Waals surface area contributed by atoms with Gasteiger partial charge in [0.05, 0.1) is 42.2 Å². The average molecular weight is 669 g/mol. The lowest BCUT2D eigenvalue weighted by Crippen LogP contribution is -2.51. The summed E-state index contributed by atoms with van der Waals surface area (Å²) in [5.74, 6) is 0.751. The number of rotatable bonds is 9. The van der Waals surface area contributed by atoms with Crippen LogP contribution in [-0.4, -0.2) is 66.4 Å². The molecule has 2 fully saturated rings. The van der Waals surface area contributed by atoms with Crippen LogP contribution in [0, 0.1) is 12.8 Å². The summed E-state index contributed by atoms with van der Waals surface area (Å²) in [4.78, 5) is 44.6. The molecule has 3 N–H and O–H groups in total. The van der Waals surface area contributed by atoms with Gasteiger partial charge in [-0.25, -0.2) is 14.6 Å². The lowest BCUT2D eigenvalue weighted by Gasteiger charge is -2.35. The first-order chi connectivity index (χ1) is 24.3. The van der Waals surface area contributed by atoms with Crippen molar-refractivity contribution in [3.8, 4) is 17.3 Å². The third kappa shape index (κ3) is 5.70. The molecule has 13 nitrogen and oxygen atoms in total. The van der Waals surface area contributed by atoms with Crippen LogP contribution in [0.5, 0.6) is 6.01 Å². The summed E-state index contributed by atoms with van der Waals surface area (Å²) in [5.41, 5.74) is 6.36. The van der Waals surface area contributed by atoms with E-state index in [2.05, 4.69) is 59.9 Å². The van der Waals surface area contributed by atoms with E-state index in [4.69, 9.17) is 4.74 Å². The molecule has 6 aromatic rings. The summed E-state index contributed by atoms with van der Waals surface area (Å²) in [6.07, 6.45) is 8.97. The second-order valence-electron chi connectivity index (χ2n) is 13.2. The summed E-state index contributed by atoms with van der Waals surface area (Å²) in [7, 11) is 3.49. The Labute approximate surface area is 288 Å². The van der Waals surface area contributed by atoms with Crippen molar-refractivity contribution in [1.82, 2.24) is 40.2 Å². The van der Waals surface area contributed by atoms with Crippen molar-refractivity contribution < 1.29 is 14.3 Å². The van der Waals surface area contributed by atoms with Gasteiger partial charge < -0.3 is 25.3 Å². The number of amides is 2. The number of methoxy groups -OCH3 is 1. The number of aromatic amines is 1. The lowest BCUT2D eigenvalue weighted by molar-refractivity contribution is 0.0863. The fraction of sp³-hybridized carbons (Fsp3) is 0.270. The monoisotopic (exact) mass is 668 g/mol. The van der Waals surface area contributed by atoms with Gasteiger partial charge in [0.25, 0.3) is 11.8 Å². The van der Waals surface area contributed by atoms with Crippen LogP contribution in [0.3, 0.4) is 0 Å². The molecule has 3 aromatic heterocycles. The Morgan fingerprint density at radius 2 is 1.92 bits per heavy atom. The van der Waals surface area contributed by atoms with Gasteiger partial charge in [-0.2, -0.15) is 4.98 Å². The molecule has 2 aliphatic carbocycles. The number of aromatic nitrogens is 7. The Morgan fingerprint density at radius 1 is 1.04 bits per heavy atom. The molecule has 2 amide bonds. The Bertz CT molecular complexity index is 2250. The standard InChI is InChI=1S/C37H36N10O3/c1-22-7-9-27(46(2)33-12-14-38-36(42-33)50-3)18-28(22)31-20-47(45-44-31)32-15-23-11-13-37(32,19-23)43-35(49)24-5-4-6-26(16-24)41-34(48)25-8-10-29-30(17-25)40-21-39-29/h4-10,12,14,16-18,20-21,23,32H,11,13,15,19H2,1-3H3,(H,39,40)(H,41,48)(H,43,49). The van der Waals surface area contributed by atoms with Crippen molar-refractivity contribution in [3.63, 3.8) is 0 Å². The maximum atomic E-state index is 13.8. The van der Waals surface area contributed by atoms with Crippen molar-refractivity contribution in [1.29, 1.82) is 0 Å². The van der Waals surface area contributed by atoms with Crippen LogP contribution in [0.4, 0.5) is 17.2 Å². The van der Waals surface area contributed by atoms with Gasteiger partial charge in [0, 0.05) is 41.3 Å². The SMILES string of the molecule is COc1nccc(N(C)c2ccc(C)c(-c3cn(C4CC5CCC4(NC(=O)c4cccc(NC(=O)c6ccc7nc[nH]c7c6)c4)C5)nn3)c2)n1. The molecule has 252 valence electrons. The fourth-order valence-electron chi connectivity index (χ4n) is 7.50. The Kier molecular flexibility index (Phi) is 7.73. The van der Waals surface area contributed by atoms with Crippen LogP contribution >= 0.6 is 0 Å². The third-order valence-corrected chi connectivity index (χ3v) is 10.1. The van der Waals surface area contributed by atoms with E-state index in [9.17, 15) is 9.59 Å². The molecule has 13 heteroatoms. The van der Waals surface area contributed by atoms with Gasteiger partial charge >= 0.3 is 6.01 Å². The molecule has 0 spiro atoms. The maximum Gasteiger partial charge on any atom is 0.318 e. The number of anilines is 3. The molecule has 0 saturated heterocycles. The van der Waals surface area contributed by atoms with Gasteiger partial charge in [-0.05, 0) is 98.7 Å². The summed E-state index contributed by atoms with van der Waals surface area (Å²) in [5, 5.41) is 15.6. The highest BCUT2D eigenvalue weighted by molar-refractivity contribution is 6.06. The van der Waals surface area contributed by atoms with E-state index in [0.717, 1.165) is 59.2 Å². The van der Waals surface area contributed by atoms with Gasteiger partial charge in [-0.15, -0.1) is 5.10 Å². The highest BCUT2D eigenvalue weighted by Gasteiger charge is 2.54. The number of benzene rings is 3. The first kappa shape index (κ1) is 31.2. The van der Waals surface area contributed by atoms with Crippen molar-refractivity contribution in [2.24, 2.45) is 5.92 Å². The van der Waals surface area contributed by atoms with Crippen LogP contribution in [0.25, 0.3) is 22.3 Å². The van der Waals surface area contributed by atoms with E-state index >= 15 is 0 Å². The summed E-state index contributed by atoms with van der Waals surface area (Å²) in [6.45, 7) is 2.06. The smallest absolute Gasteiger partial charge is 0.318 e. The largest absolute Gasteiger partial charge is 0.467 e. The molecular weight excluding hydrogens is 632 g/mol. The summed E-state index contributed by atoms with van der Waals surface area (Å²) >= 11 is 0. The zero-order chi connectivity index (χ0) is 34.4. The highest BCUT2D eigenvalue weighted by atomic mass is 16.5. The van der Waals surface area contributed by atoms with E-state index in [1.165, 1.54) is 0 Å². The Morgan fingerprint density at radius 3 is 2.78 bits per heavy atom. The van der Waals surface area contributed by atoms with E-state index in [-0.39, 0.29) is 17.9 Å². The maximum absolute atomic E-state index is 13.8. The Hall–Kier alpha value is -6.11. The van der Waals surface area contributed by atoms with Gasteiger partial charge in [0.1, 0.15) is 11.5 Å². The molecule has 2 aliphatic rings. The normalized spacial score (nSPS) is 19.4. The number of carbonyl (C=O) groups is 2. The molecule has 3 atom stereocenters. The number of carbonyl (C=O) groups excluding carboxylic acids is 2. The average Bonchev–Trinajstić information content (AvgIpc) is 3.96. The van der Waals surface area contributed by atoms with Crippen molar-refractivity contribution in [2.45, 2.75) is 44.2 Å². The van der Waals surface area contributed by atoms with E-state index in [1.807, 2.05) is 35.0 Å². The molecule has 50 heavy (non-hydrogen) atoms. The summed E-state index contributed by atoms with van der Waals surface area (Å²) < 4.78 is 7.15. The molecule has 3 unspecified atom stereocenters. The molecule has 2 saturated carbocycles. The third-order valence-electron chi connectivity index (χ3n) is 10.1. The first-order valence-corrected chi connectivity index (χ1v) is 16.6. The fourth-order valence-corrected chi connectivity index (χ4v) is 7.50. The predicted octanol–water partition coefficient (Wildman–Crippen LogP) is 5.86. The first-order valence-electron chi connectivity index (χ1n) is 16.6. The predicted molar refractivity (Wildman–Crippen MR) is 189 cm³/mol. The molecule has 2 bridgehead atoms. The summed E-state index contributed by atoms with van der Waals surface area (Å²) in [6, 6.07) is 20.6. The lowest BCUT2D eigenvalue weighted by atomic mass is 9.88. The number of hydrogen-bond acceptors (Lipinski definition) is 9. The van der Waals surface area contributed by atoms with Crippen LogP contribution in [0.15, 0.2) is 85.5 Å². The number of aryl methyl sites for hydroxylation is 1. The van der Waals surface area contributed by atoms with E-state index in [0.29, 0.717) is 34.6 Å². The number of ether oxygens (including phenoxy) is 1. The topological polar surface area (TPSA) is 156 Å². The van der Waals surface area contributed by atoms with Crippen LogP contribution in [0.2, 0.25) is 0 Å². The number of H-pyrrole nitrogens is 1. The molecule has 8 rings (SSSR count). The van der Waals surface area contributed by atoms with Crippen LogP contribution < -0.4 is 20.3 Å². The number of imidazole rings is 1. The van der Waals surface area contributed by atoms with Crippen molar-refractivity contribution >= 4 is 40.0 Å². The quantitative estimate of drug-likeness (QED) is 0.172. The molecule has 0 aliphatic heterocycles. The number of nitrogens with one attached hydrogen (secondary N) is 3. The van der Waals surface area contributed by atoms with Gasteiger partial charge in [-0.3, -0.25) is 9.59 Å². The van der Waals surface area contributed by atoms with Crippen molar-refractivity contribution in [2.75, 3.05) is 24.4 Å². The van der Waals surface area contributed by atoms with E-state index in [1.54, 1.807) is 62.1 Å². The van der Waals surface area contributed by atoms with Crippen LogP contribution in [-0.2, 0) is 0 Å². The molecular formula is C37H36N10O3. The minimum Gasteiger partial charge on any atom is -0.467 e. The molecule has 0 radical (unpaired) electrons. The van der Waals surface area contributed by atoms with Crippen molar-refractivity contribution in [3.05, 3.63) is 102 Å². The number of fused-ring (bicyclic) bond motifs is 3. The van der Waals surface area contributed by atoms with Gasteiger partial charge in [-0.1, -0.05) is 17.3 Å². The van der Waals surface area contributed by atoms with E-state index < -0.39 is 5.54 Å². The zero-order valence-corrected chi connectivity index (χ0v) is 27.9. The zero-order valence-electron chi connectivity index (χ0n) is 27.9. The van der Waals surface area contributed by atoms with Crippen LogP contribution in [0.1, 0.15) is 58.0 Å². The number of hydrogen-bond donors (Lipinski definition) is 3. The second kappa shape index (κ2) is 12.4. The minimum absolute atomic E-state index is 0.0358. The number of nitrogens with zero attached hydrogens (tertiary/aromatic N) is 7. The highest BCUT2D eigenvalue weighted by Crippen LogP contribution is 2.53. The molecule has 3 heterocycles. The molecule has 3 aromatic carbocycles. The minimum atomic E-state index is -0.450. The van der Waals surface area contributed by atoms with Gasteiger partial charge in [0.2, 0.25) is 0 Å². The second-order valence-corrected chi connectivity index (χ2v) is 13.2. The Balaban J connectivity index is 0.999. The van der Waals surface area contributed by atoms with Gasteiger partial charge in [0.15, 0.2) is 0 Å².